The van der Waals surface area contributed by atoms with Gasteiger partial charge in [-0.3, -0.25) is 4.79 Å². The molecule has 0 aliphatic heterocycles. The summed E-state index contributed by atoms with van der Waals surface area (Å²) in [4.78, 5) is 11.5. The third-order valence-corrected chi connectivity index (χ3v) is 5.71. The number of sulfonamides is 1. The molecule has 0 saturated heterocycles. The van der Waals surface area contributed by atoms with Crippen molar-refractivity contribution in [2.24, 2.45) is 0 Å². The van der Waals surface area contributed by atoms with Crippen LogP contribution in [0.1, 0.15) is 0 Å². The van der Waals surface area contributed by atoms with Crippen LogP contribution in [0.3, 0.4) is 0 Å². The van der Waals surface area contributed by atoms with Crippen molar-refractivity contribution in [2.45, 2.75) is 4.90 Å². The van der Waals surface area contributed by atoms with E-state index in [1.807, 2.05) is 0 Å². The van der Waals surface area contributed by atoms with Gasteiger partial charge in [0, 0.05) is 12.7 Å². The van der Waals surface area contributed by atoms with Gasteiger partial charge in [0.15, 0.2) is 11.6 Å². The number of halogens is 4. The Kier molecular flexibility index (Phi) is 5.99. The van der Waals surface area contributed by atoms with Gasteiger partial charge >= 0.3 is 0 Å². The first kappa shape index (κ1) is 19.6. The first-order valence-corrected chi connectivity index (χ1v) is 8.97. The number of anilines is 1. The molecule has 1 N–H and O–H groups in total. The van der Waals surface area contributed by atoms with Crippen molar-refractivity contribution in [3.8, 4) is 0 Å². The molecule has 2 aromatic rings. The summed E-state index contributed by atoms with van der Waals surface area (Å²) in [7, 11) is -3.02. The number of hydrogen-bond acceptors (Lipinski definition) is 3. The fraction of sp³-hybridized carbons (Fsp3) is 0.133. The van der Waals surface area contributed by atoms with Gasteiger partial charge < -0.3 is 5.32 Å². The van der Waals surface area contributed by atoms with Crippen molar-refractivity contribution in [3.63, 3.8) is 0 Å². The van der Waals surface area contributed by atoms with Crippen LogP contribution in [0.4, 0.5) is 14.5 Å². The molecule has 0 aromatic heterocycles. The summed E-state index contributed by atoms with van der Waals surface area (Å²) < 4.78 is 51.5. The van der Waals surface area contributed by atoms with Crippen molar-refractivity contribution in [2.75, 3.05) is 18.9 Å². The van der Waals surface area contributed by atoms with Crippen molar-refractivity contribution < 1.29 is 22.0 Å². The zero-order chi connectivity index (χ0) is 18.8. The minimum absolute atomic E-state index is 0.224. The van der Waals surface area contributed by atoms with E-state index in [4.69, 9.17) is 23.2 Å². The third-order valence-electron chi connectivity index (χ3n) is 3.17. The molecule has 5 nitrogen and oxygen atoms in total. The summed E-state index contributed by atoms with van der Waals surface area (Å²) in [5, 5.41) is 2.99. The molecule has 0 bridgehead atoms. The monoisotopic (exact) mass is 408 g/mol. The maximum Gasteiger partial charge on any atom is 0.243 e. The first-order chi connectivity index (χ1) is 11.6. The highest BCUT2D eigenvalue weighted by Crippen LogP contribution is 2.25. The fourth-order valence-electron chi connectivity index (χ4n) is 1.88. The van der Waals surface area contributed by atoms with Gasteiger partial charge in [-0.05, 0) is 36.4 Å². The molecule has 0 heterocycles. The summed E-state index contributed by atoms with van der Waals surface area (Å²) in [6.45, 7) is -0.540. The number of carbonyl (C=O) groups is 1. The van der Waals surface area contributed by atoms with Gasteiger partial charge in [0.2, 0.25) is 15.9 Å². The van der Waals surface area contributed by atoms with Crippen LogP contribution in [0, 0.1) is 11.6 Å². The number of amides is 1. The molecule has 0 spiro atoms. The molecule has 0 unspecified atom stereocenters. The Labute approximate surface area is 153 Å². The smallest absolute Gasteiger partial charge is 0.243 e. The Morgan fingerprint density at radius 1 is 1.08 bits per heavy atom. The van der Waals surface area contributed by atoms with E-state index in [9.17, 15) is 22.0 Å². The van der Waals surface area contributed by atoms with Crippen LogP contribution < -0.4 is 5.32 Å². The number of nitrogens with one attached hydrogen (secondary N) is 1. The molecular weight excluding hydrogens is 397 g/mol. The minimum atomic E-state index is -4.16. The largest absolute Gasteiger partial charge is 0.325 e. The molecular formula is C15H12Cl2F2N2O3S. The second-order valence-electron chi connectivity index (χ2n) is 5.01. The molecule has 0 aliphatic rings. The summed E-state index contributed by atoms with van der Waals surface area (Å²) in [6.07, 6.45) is 0. The van der Waals surface area contributed by atoms with E-state index in [1.165, 1.54) is 18.2 Å². The number of likely N-dealkylation sites (N-methyl/N-ethyl adjacent to an activating group) is 1. The lowest BCUT2D eigenvalue weighted by molar-refractivity contribution is -0.116. The van der Waals surface area contributed by atoms with Crippen molar-refractivity contribution >= 4 is 44.8 Å². The molecule has 1 amide bonds. The van der Waals surface area contributed by atoms with Crippen LogP contribution in [0.15, 0.2) is 41.3 Å². The predicted molar refractivity (Wildman–Crippen MR) is 91.3 cm³/mol. The summed E-state index contributed by atoms with van der Waals surface area (Å²) in [5.74, 6) is -3.11. The minimum Gasteiger partial charge on any atom is -0.325 e. The summed E-state index contributed by atoms with van der Waals surface area (Å²) >= 11 is 11.6. The first-order valence-electron chi connectivity index (χ1n) is 6.77. The topological polar surface area (TPSA) is 66.5 Å². The Morgan fingerprint density at radius 2 is 1.76 bits per heavy atom. The number of hydrogen-bond donors (Lipinski definition) is 1. The zero-order valence-electron chi connectivity index (χ0n) is 12.8. The van der Waals surface area contributed by atoms with E-state index in [-0.39, 0.29) is 5.02 Å². The highest BCUT2D eigenvalue weighted by atomic mass is 35.5. The quantitative estimate of drug-likeness (QED) is 0.822. The predicted octanol–water partition coefficient (Wildman–Crippen LogP) is 3.53. The number of carbonyl (C=O) groups excluding carboxylic acids is 1. The normalized spacial score (nSPS) is 11.6. The summed E-state index contributed by atoms with van der Waals surface area (Å²) in [5.41, 5.74) is 0.332. The number of nitrogens with zero attached hydrogens (tertiary/aromatic N) is 1. The second kappa shape index (κ2) is 7.65. The van der Waals surface area contributed by atoms with Gasteiger partial charge in [-0.2, -0.15) is 4.31 Å². The Hall–Kier alpha value is -1.74. The Morgan fingerprint density at radius 3 is 2.36 bits per heavy atom. The molecule has 0 saturated carbocycles. The maximum atomic E-state index is 13.2. The van der Waals surface area contributed by atoms with Crippen molar-refractivity contribution in [1.29, 1.82) is 0 Å². The molecule has 0 radical (unpaired) electrons. The molecule has 2 rings (SSSR count). The molecule has 2 aromatic carbocycles. The van der Waals surface area contributed by atoms with Crippen LogP contribution in [0.2, 0.25) is 10.0 Å². The van der Waals surface area contributed by atoms with Gasteiger partial charge in [0.05, 0.1) is 21.5 Å². The zero-order valence-corrected chi connectivity index (χ0v) is 15.1. The Balaban J connectivity index is 2.11. The van der Waals surface area contributed by atoms with Gasteiger partial charge in [-0.15, -0.1) is 0 Å². The fourth-order valence-corrected chi connectivity index (χ4v) is 3.32. The van der Waals surface area contributed by atoms with Gasteiger partial charge in [-0.25, -0.2) is 17.2 Å². The van der Waals surface area contributed by atoms with Gasteiger partial charge in [0.25, 0.3) is 0 Å². The number of rotatable bonds is 5. The van der Waals surface area contributed by atoms with Gasteiger partial charge in [-0.1, -0.05) is 23.2 Å². The highest BCUT2D eigenvalue weighted by Gasteiger charge is 2.24. The van der Waals surface area contributed by atoms with Crippen LogP contribution in [0.25, 0.3) is 0 Å². The third kappa shape index (κ3) is 4.66. The van der Waals surface area contributed by atoms with E-state index in [0.717, 1.165) is 13.1 Å². The lowest BCUT2D eigenvalue weighted by atomic mass is 10.3. The standard InChI is InChI=1S/C15H12Cl2F2N2O3S/c1-21(25(23,24)10-3-5-13(18)14(19)7-10)8-15(22)20-9-2-4-11(16)12(17)6-9/h2-7H,8H2,1H3,(H,20,22). The molecule has 25 heavy (non-hydrogen) atoms. The molecule has 0 aliphatic carbocycles. The van der Waals surface area contributed by atoms with Crippen LogP contribution >= 0.6 is 23.2 Å². The lowest BCUT2D eigenvalue weighted by Crippen LogP contribution is -2.35. The van der Waals surface area contributed by atoms with E-state index in [2.05, 4.69) is 5.32 Å². The van der Waals surface area contributed by atoms with E-state index in [0.29, 0.717) is 27.1 Å². The SMILES string of the molecule is CN(CC(=O)Nc1ccc(Cl)c(Cl)c1)S(=O)(=O)c1ccc(F)c(F)c1. The number of benzene rings is 2. The molecule has 0 fully saturated rings. The Bertz CT molecular complexity index is 923. The van der Waals surface area contributed by atoms with E-state index < -0.39 is 39.0 Å². The molecule has 134 valence electrons. The maximum absolute atomic E-state index is 13.2. The second-order valence-corrected chi connectivity index (χ2v) is 7.87. The van der Waals surface area contributed by atoms with Crippen LogP contribution in [0.5, 0.6) is 0 Å². The van der Waals surface area contributed by atoms with E-state index in [1.54, 1.807) is 0 Å². The average molecular weight is 409 g/mol. The van der Waals surface area contributed by atoms with Crippen LogP contribution in [-0.2, 0) is 14.8 Å². The van der Waals surface area contributed by atoms with Gasteiger partial charge in [0.1, 0.15) is 0 Å². The lowest BCUT2D eigenvalue weighted by Gasteiger charge is -2.17. The highest BCUT2D eigenvalue weighted by molar-refractivity contribution is 7.89. The average Bonchev–Trinajstić information content (AvgIpc) is 2.53. The van der Waals surface area contributed by atoms with E-state index >= 15 is 0 Å². The van der Waals surface area contributed by atoms with Crippen molar-refractivity contribution in [3.05, 3.63) is 58.1 Å². The summed E-state index contributed by atoms with van der Waals surface area (Å²) in [6, 6.07) is 6.55. The molecule has 10 heteroatoms. The molecule has 0 atom stereocenters. The van der Waals surface area contributed by atoms with Crippen molar-refractivity contribution in [1.82, 2.24) is 4.31 Å². The van der Waals surface area contributed by atoms with Crippen LogP contribution in [-0.4, -0.2) is 32.2 Å².